The Kier molecular flexibility index (Phi) is 4.54. The van der Waals surface area contributed by atoms with Gasteiger partial charge < -0.3 is 10.0 Å². The average molecular weight is 305 g/mol. The number of aromatic nitrogens is 2. The van der Waals surface area contributed by atoms with Crippen molar-refractivity contribution in [3.05, 3.63) is 45.9 Å². The van der Waals surface area contributed by atoms with E-state index in [2.05, 4.69) is 5.10 Å². The highest BCUT2D eigenvalue weighted by Crippen LogP contribution is 2.20. The van der Waals surface area contributed by atoms with Crippen LogP contribution < -0.4 is 0 Å². The Hall–Kier alpha value is -2.41. The van der Waals surface area contributed by atoms with E-state index in [0.29, 0.717) is 11.4 Å². The number of amides is 1. The van der Waals surface area contributed by atoms with Gasteiger partial charge in [-0.25, -0.2) is 4.79 Å². The molecule has 0 radical (unpaired) electrons. The van der Waals surface area contributed by atoms with Crippen LogP contribution in [0, 0.1) is 0 Å². The molecule has 0 saturated carbocycles. The fraction of sp³-hybridized carbons (Fsp3) is 0.214. The third kappa shape index (κ3) is 4.03. The number of carbonyl (C=O) groups excluding carboxylic acids is 1. The first-order valence-electron chi connectivity index (χ1n) is 6.19. The molecule has 2 rings (SSSR count). The Morgan fingerprint density at radius 1 is 1.48 bits per heavy atom. The van der Waals surface area contributed by atoms with Crippen molar-refractivity contribution in [2.75, 3.05) is 7.05 Å². The van der Waals surface area contributed by atoms with Gasteiger partial charge in [-0.3, -0.25) is 9.48 Å². The van der Waals surface area contributed by atoms with Crippen LogP contribution in [0.15, 0.2) is 30.6 Å². The van der Waals surface area contributed by atoms with Crippen molar-refractivity contribution in [2.45, 2.75) is 6.54 Å². The van der Waals surface area contributed by atoms with E-state index >= 15 is 0 Å². The van der Waals surface area contributed by atoms with Crippen LogP contribution in [-0.4, -0.2) is 38.7 Å². The first-order chi connectivity index (χ1) is 9.95. The second kappa shape index (κ2) is 6.36. The molecule has 6 nitrogen and oxygen atoms in total. The molecule has 21 heavy (non-hydrogen) atoms. The molecule has 2 aromatic heterocycles. The Morgan fingerprint density at radius 2 is 2.24 bits per heavy atom. The molecule has 1 N–H and O–H groups in total. The van der Waals surface area contributed by atoms with Crippen LogP contribution in [0.25, 0.3) is 6.08 Å². The van der Waals surface area contributed by atoms with Gasteiger partial charge in [0.15, 0.2) is 0 Å². The average Bonchev–Trinajstić information content (AvgIpc) is 3.04. The number of nitrogens with zero attached hydrogens (tertiary/aromatic N) is 3. The predicted octanol–water partition coefficient (Wildman–Crippen LogP) is 1.85. The van der Waals surface area contributed by atoms with Gasteiger partial charge in [0.1, 0.15) is 0 Å². The van der Waals surface area contributed by atoms with Crippen molar-refractivity contribution >= 4 is 29.3 Å². The van der Waals surface area contributed by atoms with E-state index in [1.165, 1.54) is 17.4 Å². The van der Waals surface area contributed by atoms with Gasteiger partial charge in [-0.15, -0.1) is 11.3 Å². The van der Waals surface area contributed by atoms with Crippen molar-refractivity contribution in [3.8, 4) is 0 Å². The highest BCUT2D eigenvalue weighted by Gasteiger charge is 2.14. The summed E-state index contributed by atoms with van der Waals surface area (Å²) in [4.78, 5) is 25.6. The molecule has 0 aliphatic carbocycles. The molecule has 1 amide bonds. The number of carboxylic acids is 1. The number of carboxylic acid groups (broad SMARTS) is 1. The van der Waals surface area contributed by atoms with Crippen molar-refractivity contribution < 1.29 is 14.7 Å². The SMILES string of the molecule is CN(Cc1cnn(C)c1)C(=O)c1ccc(C=CC(=O)O)s1. The van der Waals surface area contributed by atoms with Gasteiger partial charge in [-0.2, -0.15) is 5.10 Å². The minimum atomic E-state index is -1.01. The van der Waals surface area contributed by atoms with Gasteiger partial charge in [0.05, 0.1) is 11.1 Å². The topological polar surface area (TPSA) is 75.4 Å². The molecule has 0 aromatic carbocycles. The monoisotopic (exact) mass is 305 g/mol. The van der Waals surface area contributed by atoms with Gasteiger partial charge in [-0.05, 0) is 18.2 Å². The zero-order chi connectivity index (χ0) is 15.4. The summed E-state index contributed by atoms with van der Waals surface area (Å²) in [5.74, 6) is -1.11. The number of hydrogen-bond acceptors (Lipinski definition) is 4. The van der Waals surface area contributed by atoms with Gasteiger partial charge in [0.2, 0.25) is 0 Å². The maximum absolute atomic E-state index is 12.3. The third-order valence-electron chi connectivity index (χ3n) is 2.75. The Balaban J connectivity index is 2.03. The van der Waals surface area contributed by atoms with Crippen LogP contribution >= 0.6 is 11.3 Å². The highest BCUT2D eigenvalue weighted by atomic mass is 32.1. The lowest BCUT2D eigenvalue weighted by Crippen LogP contribution is -2.25. The summed E-state index contributed by atoms with van der Waals surface area (Å²) in [5.41, 5.74) is 0.955. The zero-order valence-corrected chi connectivity index (χ0v) is 12.5. The van der Waals surface area contributed by atoms with E-state index in [1.807, 2.05) is 13.2 Å². The Morgan fingerprint density at radius 3 is 2.86 bits per heavy atom. The number of aliphatic carboxylic acids is 1. The number of aryl methyl sites for hydroxylation is 1. The minimum Gasteiger partial charge on any atom is -0.478 e. The molecule has 0 saturated heterocycles. The predicted molar refractivity (Wildman–Crippen MR) is 80.0 cm³/mol. The quantitative estimate of drug-likeness (QED) is 0.855. The Labute approximate surface area is 125 Å². The van der Waals surface area contributed by atoms with Crippen LogP contribution in [-0.2, 0) is 18.4 Å². The van der Waals surface area contributed by atoms with E-state index in [-0.39, 0.29) is 5.91 Å². The summed E-state index contributed by atoms with van der Waals surface area (Å²) in [6.07, 6.45) is 6.11. The Bertz CT molecular complexity index is 687. The molecule has 110 valence electrons. The summed E-state index contributed by atoms with van der Waals surface area (Å²) in [5, 5.41) is 12.6. The lowest BCUT2D eigenvalue weighted by Gasteiger charge is -2.14. The second-order valence-corrected chi connectivity index (χ2v) is 5.67. The zero-order valence-electron chi connectivity index (χ0n) is 11.7. The van der Waals surface area contributed by atoms with Crippen LogP contribution in [0.1, 0.15) is 20.1 Å². The highest BCUT2D eigenvalue weighted by molar-refractivity contribution is 7.14. The minimum absolute atomic E-state index is 0.0983. The summed E-state index contributed by atoms with van der Waals surface area (Å²) < 4.78 is 1.69. The lowest BCUT2D eigenvalue weighted by molar-refractivity contribution is -0.131. The summed E-state index contributed by atoms with van der Waals surface area (Å²) >= 11 is 1.26. The summed E-state index contributed by atoms with van der Waals surface area (Å²) in [6, 6.07) is 3.43. The smallest absolute Gasteiger partial charge is 0.328 e. The molecule has 2 heterocycles. The van der Waals surface area contributed by atoms with E-state index in [1.54, 1.807) is 35.0 Å². The van der Waals surface area contributed by atoms with Crippen LogP contribution in [0.5, 0.6) is 0 Å². The van der Waals surface area contributed by atoms with Crippen molar-refractivity contribution in [1.82, 2.24) is 14.7 Å². The second-order valence-electron chi connectivity index (χ2n) is 4.56. The van der Waals surface area contributed by atoms with E-state index in [0.717, 1.165) is 16.5 Å². The van der Waals surface area contributed by atoms with E-state index < -0.39 is 5.97 Å². The van der Waals surface area contributed by atoms with Gasteiger partial charge in [0.25, 0.3) is 5.91 Å². The maximum Gasteiger partial charge on any atom is 0.328 e. The largest absolute Gasteiger partial charge is 0.478 e. The molecule has 0 aliphatic heterocycles. The molecule has 0 aliphatic rings. The fourth-order valence-corrected chi connectivity index (χ4v) is 2.70. The van der Waals surface area contributed by atoms with Gasteiger partial charge in [0, 0.05) is 43.4 Å². The summed E-state index contributed by atoms with van der Waals surface area (Å²) in [6.45, 7) is 0.477. The number of carbonyl (C=O) groups is 2. The van der Waals surface area contributed by atoms with Gasteiger partial charge in [-0.1, -0.05) is 0 Å². The molecule has 7 heteroatoms. The van der Waals surface area contributed by atoms with E-state index in [4.69, 9.17) is 5.11 Å². The van der Waals surface area contributed by atoms with E-state index in [9.17, 15) is 9.59 Å². The van der Waals surface area contributed by atoms with Crippen molar-refractivity contribution in [2.24, 2.45) is 7.05 Å². The first kappa shape index (κ1) is 15.0. The van der Waals surface area contributed by atoms with Gasteiger partial charge >= 0.3 is 5.97 Å². The fourth-order valence-electron chi connectivity index (χ4n) is 1.80. The molecular weight excluding hydrogens is 290 g/mol. The molecular formula is C14H15N3O3S. The molecule has 0 fully saturated rings. The molecule has 2 aromatic rings. The maximum atomic E-state index is 12.3. The van der Waals surface area contributed by atoms with Crippen LogP contribution in [0.2, 0.25) is 0 Å². The molecule has 0 spiro atoms. The summed E-state index contributed by atoms with van der Waals surface area (Å²) in [7, 11) is 3.55. The number of thiophene rings is 1. The lowest BCUT2D eigenvalue weighted by atomic mass is 10.3. The normalized spacial score (nSPS) is 11.0. The van der Waals surface area contributed by atoms with Crippen LogP contribution in [0.3, 0.4) is 0 Å². The molecule has 0 unspecified atom stereocenters. The van der Waals surface area contributed by atoms with Crippen LogP contribution in [0.4, 0.5) is 0 Å². The first-order valence-corrected chi connectivity index (χ1v) is 7.01. The third-order valence-corrected chi connectivity index (χ3v) is 3.79. The molecule has 0 atom stereocenters. The number of rotatable bonds is 5. The molecule has 0 bridgehead atoms. The number of hydrogen-bond donors (Lipinski definition) is 1. The van der Waals surface area contributed by atoms with Crippen molar-refractivity contribution in [3.63, 3.8) is 0 Å². The standard InChI is InChI=1S/C14H15N3O3S/c1-16(8-10-7-15-17(2)9-10)14(20)12-5-3-11(21-12)4-6-13(18)19/h3-7,9H,8H2,1-2H3,(H,18,19). The van der Waals surface area contributed by atoms with Crippen molar-refractivity contribution in [1.29, 1.82) is 0 Å².